The van der Waals surface area contributed by atoms with Gasteiger partial charge in [-0.2, -0.15) is 0 Å². The molecule has 0 unspecified atom stereocenters. The van der Waals surface area contributed by atoms with Crippen molar-refractivity contribution in [3.05, 3.63) is 70.8 Å². The van der Waals surface area contributed by atoms with E-state index in [2.05, 4.69) is 49.4 Å². The number of benzene rings is 2. The Kier molecular flexibility index (Phi) is 6.86. The molecular weight excluding hydrogens is 284 g/mol. The van der Waals surface area contributed by atoms with Crippen molar-refractivity contribution in [1.29, 1.82) is 0 Å². The van der Waals surface area contributed by atoms with E-state index in [1.54, 1.807) is 0 Å². The van der Waals surface area contributed by atoms with Crippen LogP contribution in [0.4, 0.5) is 0 Å². The fraction of sp³-hybridized carbons (Fsp3) is 0.381. The molecule has 0 aliphatic carbocycles. The molecule has 0 N–H and O–H groups in total. The van der Waals surface area contributed by atoms with Gasteiger partial charge in [0.15, 0.2) is 0 Å². The van der Waals surface area contributed by atoms with Crippen LogP contribution in [0.1, 0.15) is 48.4 Å². The maximum atomic E-state index is 11.7. The van der Waals surface area contributed by atoms with Crippen LogP contribution >= 0.6 is 0 Å². The molecule has 0 aromatic heterocycles. The van der Waals surface area contributed by atoms with E-state index in [0.717, 1.165) is 18.4 Å². The van der Waals surface area contributed by atoms with Crippen LogP contribution in [-0.2, 0) is 28.8 Å². The van der Waals surface area contributed by atoms with Crippen molar-refractivity contribution in [3.63, 3.8) is 0 Å². The zero-order chi connectivity index (χ0) is 16.5. The SMILES string of the molecule is CCCCCc1ccc(Cc2ccccc2)c(CC(=O)OC)c1. The van der Waals surface area contributed by atoms with Gasteiger partial charge in [0.1, 0.15) is 0 Å². The van der Waals surface area contributed by atoms with Crippen LogP contribution in [0.2, 0.25) is 0 Å². The normalized spacial score (nSPS) is 10.5. The molecule has 0 amide bonds. The topological polar surface area (TPSA) is 26.3 Å². The summed E-state index contributed by atoms with van der Waals surface area (Å²) in [6.07, 6.45) is 5.95. The van der Waals surface area contributed by atoms with E-state index in [9.17, 15) is 4.79 Å². The maximum Gasteiger partial charge on any atom is 0.309 e. The molecule has 0 bridgehead atoms. The second kappa shape index (κ2) is 9.14. The number of hydrogen-bond acceptors (Lipinski definition) is 2. The molecule has 0 atom stereocenters. The number of carbonyl (C=O) groups excluding carboxylic acids is 1. The Morgan fingerprint density at radius 2 is 1.74 bits per heavy atom. The van der Waals surface area contributed by atoms with Gasteiger partial charge in [0.05, 0.1) is 13.5 Å². The molecule has 2 aromatic rings. The van der Waals surface area contributed by atoms with Crippen molar-refractivity contribution in [2.75, 3.05) is 7.11 Å². The fourth-order valence-corrected chi connectivity index (χ4v) is 2.79. The molecule has 2 rings (SSSR count). The van der Waals surface area contributed by atoms with Crippen LogP contribution in [0.15, 0.2) is 48.5 Å². The first-order valence-electron chi connectivity index (χ1n) is 8.44. The Balaban J connectivity index is 2.19. The van der Waals surface area contributed by atoms with Gasteiger partial charge in [-0.25, -0.2) is 0 Å². The van der Waals surface area contributed by atoms with Crippen molar-refractivity contribution < 1.29 is 9.53 Å². The van der Waals surface area contributed by atoms with Gasteiger partial charge in [-0.3, -0.25) is 4.79 Å². The number of ether oxygens (including phenoxy) is 1. The largest absolute Gasteiger partial charge is 0.469 e. The first-order chi connectivity index (χ1) is 11.2. The minimum atomic E-state index is -0.176. The summed E-state index contributed by atoms with van der Waals surface area (Å²) in [5, 5.41) is 0. The molecule has 2 aromatic carbocycles. The first-order valence-corrected chi connectivity index (χ1v) is 8.44. The molecule has 0 aliphatic heterocycles. The molecule has 0 saturated heterocycles. The van der Waals surface area contributed by atoms with E-state index < -0.39 is 0 Å². The maximum absolute atomic E-state index is 11.7. The Bertz CT molecular complexity index is 617. The summed E-state index contributed by atoms with van der Waals surface area (Å²) < 4.78 is 4.86. The molecular formula is C21H26O2. The quantitative estimate of drug-likeness (QED) is 0.520. The smallest absolute Gasteiger partial charge is 0.309 e. The number of hydrogen-bond donors (Lipinski definition) is 0. The van der Waals surface area contributed by atoms with Crippen molar-refractivity contribution >= 4 is 5.97 Å². The van der Waals surface area contributed by atoms with Gasteiger partial charge in [0.25, 0.3) is 0 Å². The average molecular weight is 310 g/mol. The highest BCUT2D eigenvalue weighted by Gasteiger charge is 2.10. The summed E-state index contributed by atoms with van der Waals surface area (Å²) in [5.74, 6) is -0.176. The lowest BCUT2D eigenvalue weighted by Gasteiger charge is -2.12. The molecule has 0 radical (unpaired) electrons. The summed E-state index contributed by atoms with van der Waals surface area (Å²) in [5.41, 5.74) is 4.88. The highest BCUT2D eigenvalue weighted by atomic mass is 16.5. The Hall–Kier alpha value is -2.09. The highest BCUT2D eigenvalue weighted by Crippen LogP contribution is 2.19. The van der Waals surface area contributed by atoms with Crippen LogP contribution < -0.4 is 0 Å². The van der Waals surface area contributed by atoms with Crippen molar-refractivity contribution in [3.8, 4) is 0 Å². The van der Waals surface area contributed by atoms with Crippen LogP contribution in [0, 0.1) is 0 Å². The lowest BCUT2D eigenvalue weighted by atomic mass is 9.94. The number of esters is 1. The van der Waals surface area contributed by atoms with E-state index in [1.165, 1.54) is 43.1 Å². The molecule has 23 heavy (non-hydrogen) atoms. The Labute approximate surface area is 139 Å². The standard InChI is InChI=1S/C21H26O2/c1-3-4-6-9-18-12-13-19(14-17-10-7-5-8-11-17)20(15-18)16-21(22)23-2/h5,7-8,10-13,15H,3-4,6,9,14,16H2,1-2H3. The summed E-state index contributed by atoms with van der Waals surface area (Å²) in [6, 6.07) is 16.9. The third-order valence-corrected chi connectivity index (χ3v) is 4.14. The van der Waals surface area contributed by atoms with Gasteiger partial charge in [0, 0.05) is 0 Å². The molecule has 0 spiro atoms. The second-order valence-electron chi connectivity index (χ2n) is 5.98. The van der Waals surface area contributed by atoms with Crippen molar-refractivity contribution in [1.82, 2.24) is 0 Å². The van der Waals surface area contributed by atoms with Crippen LogP contribution in [0.25, 0.3) is 0 Å². The van der Waals surface area contributed by atoms with Crippen molar-refractivity contribution in [2.45, 2.75) is 45.4 Å². The number of rotatable bonds is 8. The van der Waals surface area contributed by atoms with Crippen molar-refractivity contribution in [2.24, 2.45) is 0 Å². The van der Waals surface area contributed by atoms with E-state index in [4.69, 9.17) is 4.74 Å². The van der Waals surface area contributed by atoms with Gasteiger partial charge >= 0.3 is 5.97 Å². The van der Waals surface area contributed by atoms with Crippen LogP contribution in [-0.4, -0.2) is 13.1 Å². The number of carbonyl (C=O) groups is 1. The van der Waals surface area contributed by atoms with E-state index in [1.807, 2.05) is 6.07 Å². The van der Waals surface area contributed by atoms with Crippen LogP contribution in [0.5, 0.6) is 0 Å². The lowest BCUT2D eigenvalue weighted by molar-refractivity contribution is -0.139. The predicted molar refractivity (Wildman–Crippen MR) is 94.6 cm³/mol. The van der Waals surface area contributed by atoms with E-state index in [-0.39, 0.29) is 5.97 Å². The zero-order valence-electron chi connectivity index (χ0n) is 14.2. The second-order valence-corrected chi connectivity index (χ2v) is 5.98. The zero-order valence-corrected chi connectivity index (χ0v) is 14.2. The Morgan fingerprint density at radius 3 is 2.43 bits per heavy atom. The number of unbranched alkanes of at least 4 members (excludes halogenated alkanes) is 2. The molecule has 2 heteroatoms. The van der Waals surface area contributed by atoms with Gasteiger partial charge in [0.2, 0.25) is 0 Å². The average Bonchev–Trinajstić information content (AvgIpc) is 2.58. The molecule has 0 fully saturated rings. The monoisotopic (exact) mass is 310 g/mol. The molecule has 0 aliphatic rings. The summed E-state index contributed by atoms with van der Waals surface area (Å²) in [4.78, 5) is 11.7. The van der Waals surface area contributed by atoms with E-state index >= 15 is 0 Å². The number of aryl methyl sites for hydroxylation is 1. The summed E-state index contributed by atoms with van der Waals surface area (Å²) in [6.45, 7) is 2.21. The molecule has 0 saturated carbocycles. The summed E-state index contributed by atoms with van der Waals surface area (Å²) >= 11 is 0. The summed E-state index contributed by atoms with van der Waals surface area (Å²) in [7, 11) is 1.45. The fourth-order valence-electron chi connectivity index (χ4n) is 2.79. The number of methoxy groups -OCH3 is 1. The third kappa shape index (κ3) is 5.55. The van der Waals surface area contributed by atoms with Gasteiger partial charge < -0.3 is 4.74 Å². The van der Waals surface area contributed by atoms with Gasteiger partial charge in [-0.05, 0) is 41.5 Å². The third-order valence-electron chi connectivity index (χ3n) is 4.14. The van der Waals surface area contributed by atoms with Crippen LogP contribution in [0.3, 0.4) is 0 Å². The molecule has 122 valence electrons. The lowest BCUT2D eigenvalue weighted by Crippen LogP contribution is -2.08. The van der Waals surface area contributed by atoms with Gasteiger partial charge in [-0.1, -0.05) is 68.3 Å². The molecule has 0 heterocycles. The Morgan fingerprint density at radius 1 is 0.957 bits per heavy atom. The highest BCUT2D eigenvalue weighted by molar-refractivity contribution is 5.73. The minimum absolute atomic E-state index is 0.176. The van der Waals surface area contributed by atoms with E-state index in [0.29, 0.717) is 6.42 Å². The molecule has 2 nitrogen and oxygen atoms in total. The van der Waals surface area contributed by atoms with Gasteiger partial charge in [-0.15, -0.1) is 0 Å². The predicted octanol–water partition coefficient (Wildman–Crippen LogP) is 4.73. The minimum Gasteiger partial charge on any atom is -0.469 e. The first kappa shape index (κ1) is 17.3.